The highest BCUT2D eigenvalue weighted by atomic mass is 35.5. The number of nitrogens with zero attached hydrogens (tertiary/aromatic N) is 3. The van der Waals surface area contributed by atoms with Gasteiger partial charge in [-0.25, -0.2) is 0 Å². The van der Waals surface area contributed by atoms with Crippen molar-refractivity contribution in [3.8, 4) is 11.4 Å². The van der Waals surface area contributed by atoms with E-state index in [1.165, 1.54) is 0 Å². The number of likely N-dealkylation sites (tertiary alicyclic amines) is 1. The Hall–Kier alpha value is -1.43. The first-order valence-electron chi connectivity index (χ1n) is 7.19. The summed E-state index contributed by atoms with van der Waals surface area (Å²) in [5, 5.41) is 14.3. The van der Waals surface area contributed by atoms with Crippen LogP contribution in [0.1, 0.15) is 18.7 Å². The third-order valence-electron chi connectivity index (χ3n) is 3.69. The van der Waals surface area contributed by atoms with Crippen molar-refractivity contribution in [1.82, 2.24) is 15.0 Å². The number of benzene rings is 1. The molecular weight excluding hydrogens is 290 g/mol. The third-order valence-corrected chi connectivity index (χ3v) is 3.95. The molecule has 2 heterocycles. The van der Waals surface area contributed by atoms with Crippen molar-refractivity contribution < 1.29 is 9.63 Å². The van der Waals surface area contributed by atoms with E-state index < -0.39 is 0 Å². The number of aliphatic hydroxyl groups excluding tert-OH is 1. The summed E-state index contributed by atoms with van der Waals surface area (Å²) in [6.45, 7) is 2.59. The van der Waals surface area contributed by atoms with Gasteiger partial charge >= 0.3 is 0 Å². The highest BCUT2D eigenvalue weighted by molar-refractivity contribution is 6.30. The molecule has 1 aromatic carbocycles. The van der Waals surface area contributed by atoms with Crippen molar-refractivity contribution in [2.24, 2.45) is 0 Å². The van der Waals surface area contributed by atoms with E-state index in [2.05, 4.69) is 15.0 Å². The molecule has 3 rings (SSSR count). The summed E-state index contributed by atoms with van der Waals surface area (Å²) in [6.07, 6.45) is 2.44. The Bertz CT molecular complexity index is 585. The van der Waals surface area contributed by atoms with E-state index >= 15 is 0 Å². The zero-order chi connectivity index (χ0) is 14.7. The molecule has 1 aromatic heterocycles. The van der Waals surface area contributed by atoms with E-state index in [1.54, 1.807) is 0 Å². The number of hydrogen-bond donors (Lipinski definition) is 1. The molecule has 1 unspecified atom stereocenters. The summed E-state index contributed by atoms with van der Waals surface area (Å²) in [7, 11) is 0. The van der Waals surface area contributed by atoms with Crippen LogP contribution < -0.4 is 0 Å². The number of piperidine rings is 1. The molecule has 1 aliphatic heterocycles. The fourth-order valence-electron chi connectivity index (χ4n) is 2.56. The molecule has 0 saturated carbocycles. The predicted octanol–water partition coefficient (Wildman–Crippen LogP) is 2.39. The van der Waals surface area contributed by atoms with Crippen LogP contribution in [0, 0.1) is 0 Å². The van der Waals surface area contributed by atoms with Gasteiger partial charge in [-0.05, 0) is 43.7 Å². The molecule has 21 heavy (non-hydrogen) atoms. The first-order chi connectivity index (χ1) is 10.2. The molecule has 0 aliphatic carbocycles. The van der Waals surface area contributed by atoms with Gasteiger partial charge < -0.3 is 14.5 Å². The maximum absolute atomic E-state index is 9.65. The summed E-state index contributed by atoms with van der Waals surface area (Å²) in [6, 6.07) is 7.36. The van der Waals surface area contributed by atoms with Gasteiger partial charge in [-0.15, -0.1) is 0 Å². The molecular formula is C15H18ClN3O2. The van der Waals surface area contributed by atoms with Gasteiger partial charge in [0.05, 0.1) is 6.10 Å². The molecule has 0 radical (unpaired) electrons. The zero-order valence-electron chi connectivity index (χ0n) is 11.7. The SMILES string of the molecule is OC1CCCN(CCc2nc(-c3ccc(Cl)cc3)no2)C1. The van der Waals surface area contributed by atoms with Crippen molar-refractivity contribution in [2.75, 3.05) is 19.6 Å². The molecule has 0 spiro atoms. The number of aliphatic hydroxyl groups is 1. The summed E-state index contributed by atoms with van der Waals surface area (Å²) in [5.41, 5.74) is 0.891. The molecule has 1 N–H and O–H groups in total. The fraction of sp³-hybridized carbons (Fsp3) is 0.467. The molecule has 0 amide bonds. The van der Waals surface area contributed by atoms with Crippen molar-refractivity contribution in [2.45, 2.75) is 25.4 Å². The number of halogens is 1. The molecule has 2 aromatic rings. The summed E-state index contributed by atoms with van der Waals surface area (Å²) in [4.78, 5) is 6.64. The topological polar surface area (TPSA) is 62.4 Å². The van der Waals surface area contributed by atoms with Crippen LogP contribution in [0.25, 0.3) is 11.4 Å². The van der Waals surface area contributed by atoms with Gasteiger partial charge in [-0.2, -0.15) is 4.98 Å². The first-order valence-corrected chi connectivity index (χ1v) is 7.57. The second kappa shape index (κ2) is 6.56. The lowest BCUT2D eigenvalue weighted by molar-refractivity contribution is 0.0702. The van der Waals surface area contributed by atoms with Crippen LogP contribution in [0.2, 0.25) is 5.02 Å². The van der Waals surface area contributed by atoms with Crippen molar-refractivity contribution in [3.63, 3.8) is 0 Å². The van der Waals surface area contributed by atoms with E-state index in [4.69, 9.17) is 16.1 Å². The monoisotopic (exact) mass is 307 g/mol. The minimum Gasteiger partial charge on any atom is -0.392 e. The Kier molecular flexibility index (Phi) is 4.53. The average molecular weight is 308 g/mol. The number of aromatic nitrogens is 2. The van der Waals surface area contributed by atoms with Gasteiger partial charge in [-0.3, -0.25) is 0 Å². The molecule has 1 saturated heterocycles. The summed E-state index contributed by atoms with van der Waals surface area (Å²) < 4.78 is 5.28. The Morgan fingerprint density at radius 1 is 1.33 bits per heavy atom. The third kappa shape index (κ3) is 3.81. The summed E-state index contributed by atoms with van der Waals surface area (Å²) >= 11 is 5.86. The van der Waals surface area contributed by atoms with E-state index in [0.29, 0.717) is 23.2 Å². The molecule has 112 valence electrons. The van der Waals surface area contributed by atoms with Crippen LogP contribution in [0.3, 0.4) is 0 Å². The Labute approximate surface area is 128 Å². The predicted molar refractivity (Wildman–Crippen MR) is 80.1 cm³/mol. The normalized spacial score (nSPS) is 19.8. The minimum absolute atomic E-state index is 0.203. The van der Waals surface area contributed by atoms with Crippen molar-refractivity contribution in [1.29, 1.82) is 0 Å². The largest absolute Gasteiger partial charge is 0.392 e. The Morgan fingerprint density at radius 3 is 2.90 bits per heavy atom. The van der Waals surface area contributed by atoms with Gasteiger partial charge in [0.1, 0.15) is 0 Å². The maximum atomic E-state index is 9.65. The van der Waals surface area contributed by atoms with Gasteiger partial charge in [0.15, 0.2) is 0 Å². The molecule has 1 aliphatic rings. The molecule has 6 heteroatoms. The molecule has 5 nitrogen and oxygen atoms in total. The zero-order valence-corrected chi connectivity index (χ0v) is 12.5. The van der Waals surface area contributed by atoms with Gasteiger partial charge in [0.2, 0.25) is 11.7 Å². The van der Waals surface area contributed by atoms with Crippen LogP contribution in [-0.4, -0.2) is 45.9 Å². The number of rotatable bonds is 4. The van der Waals surface area contributed by atoms with Gasteiger partial charge in [-0.1, -0.05) is 16.8 Å². The lowest BCUT2D eigenvalue weighted by atomic mass is 10.1. The standard InChI is InChI=1S/C15H18ClN3O2/c16-12-5-3-11(4-6-12)15-17-14(21-18-15)7-9-19-8-1-2-13(20)10-19/h3-6,13,20H,1-2,7-10H2. The van der Waals surface area contributed by atoms with Gasteiger partial charge in [0, 0.05) is 30.1 Å². The van der Waals surface area contributed by atoms with Crippen LogP contribution in [0.15, 0.2) is 28.8 Å². The highest BCUT2D eigenvalue weighted by Gasteiger charge is 2.18. The van der Waals surface area contributed by atoms with Crippen LogP contribution >= 0.6 is 11.6 Å². The van der Waals surface area contributed by atoms with Crippen molar-refractivity contribution >= 4 is 11.6 Å². The first kappa shape index (κ1) is 14.5. The van der Waals surface area contributed by atoms with Crippen LogP contribution in [-0.2, 0) is 6.42 Å². The van der Waals surface area contributed by atoms with Crippen molar-refractivity contribution in [3.05, 3.63) is 35.2 Å². The minimum atomic E-state index is -0.203. The number of hydrogen-bond acceptors (Lipinski definition) is 5. The van der Waals surface area contributed by atoms with E-state index in [0.717, 1.165) is 38.0 Å². The molecule has 0 bridgehead atoms. The summed E-state index contributed by atoms with van der Waals surface area (Å²) in [5.74, 6) is 1.21. The van der Waals surface area contributed by atoms with Crippen LogP contribution in [0.4, 0.5) is 0 Å². The quantitative estimate of drug-likeness (QED) is 0.939. The Morgan fingerprint density at radius 2 is 2.14 bits per heavy atom. The van der Waals surface area contributed by atoms with Crippen LogP contribution in [0.5, 0.6) is 0 Å². The smallest absolute Gasteiger partial charge is 0.228 e. The lowest BCUT2D eigenvalue weighted by Crippen LogP contribution is -2.39. The van der Waals surface area contributed by atoms with E-state index in [-0.39, 0.29) is 6.10 Å². The second-order valence-corrected chi connectivity index (χ2v) is 5.80. The van der Waals surface area contributed by atoms with E-state index in [9.17, 15) is 5.11 Å². The second-order valence-electron chi connectivity index (χ2n) is 5.37. The Balaban J connectivity index is 1.59. The average Bonchev–Trinajstić information content (AvgIpc) is 2.95. The molecule has 1 fully saturated rings. The highest BCUT2D eigenvalue weighted by Crippen LogP contribution is 2.19. The van der Waals surface area contributed by atoms with Gasteiger partial charge in [0.25, 0.3) is 0 Å². The fourth-order valence-corrected chi connectivity index (χ4v) is 2.69. The number of β-amino-alcohol motifs (C(OH)–C–C–N with tert-alkyl or cyclic N) is 1. The molecule has 1 atom stereocenters. The van der Waals surface area contributed by atoms with E-state index in [1.807, 2.05) is 24.3 Å². The maximum Gasteiger partial charge on any atom is 0.228 e. The lowest BCUT2D eigenvalue weighted by Gasteiger charge is -2.29.